The maximum atomic E-state index is 12.5. The summed E-state index contributed by atoms with van der Waals surface area (Å²) < 4.78 is 0. The molecule has 0 bridgehead atoms. The first-order valence-electron chi connectivity index (χ1n) is 7.92. The Balaban J connectivity index is 2.85. The summed E-state index contributed by atoms with van der Waals surface area (Å²) in [6.07, 6.45) is 0.547. The van der Waals surface area contributed by atoms with Crippen LogP contribution in [0.4, 0.5) is 10.5 Å². The van der Waals surface area contributed by atoms with Crippen molar-refractivity contribution < 1.29 is 14.7 Å². The molecule has 0 radical (unpaired) electrons. The number of nitrogens with zero attached hydrogens (tertiary/aromatic N) is 1. The monoisotopic (exact) mass is 320 g/mol. The molecule has 0 saturated heterocycles. The summed E-state index contributed by atoms with van der Waals surface area (Å²) in [4.78, 5) is 25.7. The van der Waals surface area contributed by atoms with Crippen LogP contribution in [-0.2, 0) is 0 Å². The lowest BCUT2D eigenvalue weighted by atomic mass is 9.96. The number of ketones is 1. The number of Topliss-reactive ketones (excluding diaryl/α,β-unsaturated/α-hetero) is 1. The highest BCUT2D eigenvalue weighted by Gasteiger charge is 2.21. The third-order valence-electron chi connectivity index (χ3n) is 3.40. The average Bonchev–Trinajstić information content (AvgIpc) is 2.41. The molecule has 0 aliphatic heterocycles. The van der Waals surface area contributed by atoms with Gasteiger partial charge in [0.15, 0.2) is 5.78 Å². The molecule has 0 unspecified atom stereocenters. The smallest absolute Gasteiger partial charge is 0.321 e. The molecule has 0 fully saturated rings. The highest BCUT2D eigenvalue weighted by Crippen LogP contribution is 2.19. The minimum atomic E-state index is -0.191. The van der Waals surface area contributed by atoms with Gasteiger partial charge in [-0.05, 0) is 49.4 Å². The molecule has 0 heterocycles. The van der Waals surface area contributed by atoms with E-state index in [4.69, 9.17) is 5.11 Å². The molecule has 128 valence electrons. The molecule has 0 atom stereocenters. The Hall–Kier alpha value is -1.88. The second-order valence-corrected chi connectivity index (χ2v) is 7.08. The van der Waals surface area contributed by atoms with Crippen LogP contribution in [0.25, 0.3) is 0 Å². The van der Waals surface area contributed by atoms with E-state index in [9.17, 15) is 9.59 Å². The molecule has 5 nitrogen and oxygen atoms in total. The zero-order valence-corrected chi connectivity index (χ0v) is 14.8. The number of urea groups is 1. The Kier molecular flexibility index (Phi) is 6.76. The van der Waals surface area contributed by atoms with Gasteiger partial charge >= 0.3 is 6.03 Å². The Bertz CT molecular complexity index is 562. The number of amides is 2. The summed E-state index contributed by atoms with van der Waals surface area (Å²) >= 11 is 0. The van der Waals surface area contributed by atoms with Crippen molar-refractivity contribution in [2.24, 2.45) is 5.41 Å². The van der Waals surface area contributed by atoms with Crippen molar-refractivity contribution in [2.45, 2.75) is 41.0 Å². The van der Waals surface area contributed by atoms with Gasteiger partial charge < -0.3 is 15.3 Å². The molecular formula is C18H28N2O3. The molecule has 2 amide bonds. The minimum absolute atomic E-state index is 0.0117. The predicted octanol–water partition coefficient (Wildman–Crippen LogP) is 3.46. The molecule has 2 N–H and O–H groups in total. The Morgan fingerprint density at radius 2 is 1.91 bits per heavy atom. The standard InChI is InChI=1S/C18H28N2O3/c1-13-11-15(7-8-16(13)14(2)22)19-17(23)20(9-6-10-21)12-18(3,4)5/h7-8,11,21H,6,9-10,12H2,1-5H3,(H,19,23). The lowest BCUT2D eigenvalue weighted by Crippen LogP contribution is -2.41. The molecule has 5 heteroatoms. The van der Waals surface area contributed by atoms with Crippen LogP contribution < -0.4 is 5.32 Å². The first-order chi connectivity index (χ1) is 10.6. The first kappa shape index (κ1) is 19.2. The number of hydrogen-bond acceptors (Lipinski definition) is 3. The molecule has 0 spiro atoms. The number of carbonyl (C=O) groups excluding carboxylic acids is 2. The summed E-state index contributed by atoms with van der Waals surface area (Å²) in [7, 11) is 0. The zero-order chi connectivity index (χ0) is 17.6. The third-order valence-corrected chi connectivity index (χ3v) is 3.40. The van der Waals surface area contributed by atoms with Crippen LogP contribution in [0.2, 0.25) is 0 Å². The van der Waals surface area contributed by atoms with Gasteiger partial charge in [0.1, 0.15) is 0 Å². The van der Waals surface area contributed by atoms with E-state index in [-0.39, 0.29) is 23.8 Å². The number of aliphatic hydroxyl groups excluding tert-OH is 1. The summed E-state index contributed by atoms with van der Waals surface area (Å²) in [6, 6.07) is 5.08. The van der Waals surface area contributed by atoms with Crippen molar-refractivity contribution in [3.63, 3.8) is 0 Å². The quantitative estimate of drug-likeness (QED) is 0.789. The van der Waals surface area contributed by atoms with E-state index in [1.807, 2.05) is 6.92 Å². The van der Waals surface area contributed by atoms with E-state index in [2.05, 4.69) is 26.1 Å². The molecule has 0 saturated carbocycles. The van der Waals surface area contributed by atoms with Gasteiger partial charge in [-0.1, -0.05) is 20.8 Å². The number of aliphatic hydroxyl groups is 1. The SMILES string of the molecule is CC(=O)c1ccc(NC(=O)N(CCCO)CC(C)(C)C)cc1C. The zero-order valence-electron chi connectivity index (χ0n) is 14.8. The maximum Gasteiger partial charge on any atom is 0.321 e. The van der Waals surface area contributed by atoms with Crippen molar-refractivity contribution >= 4 is 17.5 Å². The highest BCUT2D eigenvalue weighted by molar-refractivity contribution is 5.96. The number of aryl methyl sites for hydroxylation is 1. The third kappa shape index (κ3) is 6.40. The summed E-state index contributed by atoms with van der Waals surface area (Å²) in [6.45, 7) is 10.7. The fourth-order valence-electron chi connectivity index (χ4n) is 2.43. The fourth-order valence-corrected chi connectivity index (χ4v) is 2.43. The van der Waals surface area contributed by atoms with Gasteiger partial charge in [0, 0.05) is 30.9 Å². The van der Waals surface area contributed by atoms with E-state index in [0.29, 0.717) is 30.8 Å². The van der Waals surface area contributed by atoms with Crippen molar-refractivity contribution in [1.82, 2.24) is 4.90 Å². The van der Waals surface area contributed by atoms with Crippen LogP contribution in [0, 0.1) is 12.3 Å². The Morgan fingerprint density at radius 1 is 1.26 bits per heavy atom. The van der Waals surface area contributed by atoms with Gasteiger partial charge in [0.2, 0.25) is 0 Å². The van der Waals surface area contributed by atoms with Crippen molar-refractivity contribution in [3.05, 3.63) is 29.3 Å². The second kappa shape index (κ2) is 8.11. The van der Waals surface area contributed by atoms with Crippen LogP contribution in [0.1, 0.15) is 50.0 Å². The molecule has 0 aromatic heterocycles. The molecule has 1 rings (SSSR count). The number of carbonyl (C=O) groups is 2. The van der Waals surface area contributed by atoms with E-state index in [0.717, 1.165) is 5.56 Å². The van der Waals surface area contributed by atoms with E-state index < -0.39 is 0 Å². The van der Waals surface area contributed by atoms with Crippen LogP contribution in [0.3, 0.4) is 0 Å². The van der Waals surface area contributed by atoms with Crippen LogP contribution in [0.5, 0.6) is 0 Å². The molecule has 0 aliphatic rings. The molecular weight excluding hydrogens is 292 g/mol. The van der Waals surface area contributed by atoms with Gasteiger partial charge in [-0.3, -0.25) is 4.79 Å². The number of hydrogen-bond donors (Lipinski definition) is 2. The van der Waals surface area contributed by atoms with Gasteiger partial charge in [0.05, 0.1) is 0 Å². The first-order valence-corrected chi connectivity index (χ1v) is 7.92. The lowest BCUT2D eigenvalue weighted by Gasteiger charge is -2.30. The van der Waals surface area contributed by atoms with Crippen LogP contribution in [0.15, 0.2) is 18.2 Å². The molecule has 0 aliphatic carbocycles. The maximum absolute atomic E-state index is 12.5. The lowest BCUT2D eigenvalue weighted by molar-refractivity contribution is 0.101. The van der Waals surface area contributed by atoms with Gasteiger partial charge in [0.25, 0.3) is 0 Å². The van der Waals surface area contributed by atoms with Crippen molar-refractivity contribution in [3.8, 4) is 0 Å². The van der Waals surface area contributed by atoms with Crippen molar-refractivity contribution in [2.75, 3.05) is 25.0 Å². The number of rotatable bonds is 6. The molecule has 23 heavy (non-hydrogen) atoms. The topological polar surface area (TPSA) is 69.6 Å². The predicted molar refractivity (Wildman–Crippen MR) is 92.9 cm³/mol. The number of nitrogens with one attached hydrogen (secondary N) is 1. The number of benzene rings is 1. The van der Waals surface area contributed by atoms with Crippen molar-refractivity contribution in [1.29, 1.82) is 0 Å². The Morgan fingerprint density at radius 3 is 2.39 bits per heavy atom. The minimum Gasteiger partial charge on any atom is -0.396 e. The average molecular weight is 320 g/mol. The van der Waals surface area contributed by atoms with Gasteiger partial charge in [-0.2, -0.15) is 0 Å². The van der Waals surface area contributed by atoms with E-state index >= 15 is 0 Å². The Labute approximate surface area is 138 Å². The largest absolute Gasteiger partial charge is 0.396 e. The highest BCUT2D eigenvalue weighted by atomic mass is 16.3. The van der Waals surface area contributed by atoms with Gasteiger partial charge in [-0.25, -0.2) is 4.79 Å². The van der Waals surface area contributed by atoms with Crippen LogP contribution in [-0.4, -0.2) is 41.5 Å². The normalized spacial score (nSPS) is 11.2. The summed E-state index contributed by atoms with van der Waals surface area (Å²) in [5, 5.41) is 11.9. The van der Waals surface area contributed by atoms with Gasteiger partial charge in [-0.15, -0.1) is 0 Å². The molecule has 1 aromatic carbocycles. The van der Waals surface area contributed by atoms with E-state index in [1.54, 1.807) is 23.1 Å². The fraction of sp³-hybridized carbons (Fsp3) is 0.556. The summed E-state index contributed by atoms with van der Waals surface area (Å²) in [5.74, 6) is 0.0117. The second-order valence-electron chi connectivity index (χ2n) is 7.08. The van der Waals surface area contributed by atoms with E-state index in [1.165, 1.54) is 6.92 Å². The summed E-state index contributed by atoms with van der Waals surface area (Å²) in [5.41, 5.74) is 2.14. The van der Waals surface area contributed by atoms with Crippen LogP contribution >= 0.6 is 0 Å². The number of anilines is 1. The molecule has 1 aromatic rings.